The number of ether oxygens (including phenoxy) is 1. The number of carboxylic acid groups (broad SMARTS) is 1. The quantitative estimate of drug-likeness (QED) is 0.556. The van der Waals surface area contributed by atoms with E-state index in [2.05, 4.69) is 0 Å². The van der Waals surface area contributed by atoms with Gasteiger partial charge < -0.3 is 20.1 Å². The molecule has 0 heterocycles. The summed E-state index contributed by atoms with van der Waals surface area (Å²) in [5, 5.41) is 28.7. The summed E-state index contributed by atoms with van der Waals surface area (Å²) >= 11 is 0. The molecule has 94 valence electrons. The molecule has 0 aliphatic rings. The minimum Gasteiger partial charge on any atom is -0.490 e. The molecule has 0 saturated carbocycles. The third-order valence-electron chi connectivity index (χ3n) is 2.14. The number of rotatable bonds is 5. The molecule has 1 aromatic carbocycles. The Morgan fingerprint density at radius 2 is 2.06 bits per heavy atom. The Morgan fingerprint density at radius 1 is 1.41 bits per heavy atom. The molecule has 2 atom stereocenters. The van der Waals surface area contributed by atoms with Gasteiger partial charge in [-0.05, 0) is 18.6 Å². The highest BCUT2D eigenvalue weighted by molar-refractivity contribution is 5.64. The zero-order valence-electron chi connectivity index (χ0n) is 9.33. The zero-order valence-corrected chi connectivity index (χ0v) is 9.33. The summed E-state index contributed by atoms with van der Waals surface area (Å²) in [6.07, 6.45) is -4.31. The third-order valence-corrected chi connectivity index (χ3v) is 2.14. The van der Waals surface area contributed by atoms with Gasteiger partial charge in [-0.3, -0.25) is 5.32 Å². The maximum atomic E-state index is 10.2. The molecular formula is C11H15NO5. The fraction of sp³-hybridized carbons (Fsp3) is 0.364. The zero-order chi connectivity index (χ0) is 12.8. The van der Waals surface area contributed by atoms with Gasteiger partial charge in [-0.15, -0.1) is 0 Å². The van der Waals surface area contributed by atoms with E-state index in [4.69, 9.17) is 9.84 Å². The van der Waals surface area contributed by atoms with Crippen LogP contribution in [-0.2, 0) is 0 Å². The molecule has 1 amide bonds. The highest BCUT2D eigenvalue weighted by Crippen LogP contribution is 2.16. The molecule has 0 saturated heterocycles. The van der Waals surface area contributed by atoms with Crippen molar-refractivity contribution in [1.82, 2.24) is 5.32 Å². The molecule has 6 nitrogen and oxygen atoms in total. The van der Waals surface area contributed by atoms with Crippen molar-refractivity contribution in [2.45, 2.75) is 19.3 Å². The van der Waals surface area contributed by atoms with Gasteiger partial charge >= 0.3 is 6.09 Å². The van der Waals surface area contributed by atoms with Crippen LogP contribution < -0.4 is 10.1 Å². The van der Waals surface area contributed by atoms with Crippen molar-refractivity contribution in [2.75, 3.05) is 6.61 Å². The lowest BCUT2D eigenvalue weighted by atomic mass is 10.2. The van der Waals surface area contributed by atoms with E-state index in [9.17, 15) is 15.0 Å². The Balaban J connectivity index is 2.45. The number of hydrogen-bond acceptors (Lipinski definition) is 4. The van der Waals surface area contributed by atoms with Crippen LogP contribution in [0.2, 0.25) is 0 Å². The monoisotopic (exact) mass is 241 g/mol. The molecule has 6 heteroatoms. The first-order chi connectivity index (χ1) is 8.00. The summed E-state index contributed by atoms with van der Waals surface area (Å²) in [6.45, 7) is 1.64. The van der Waals surface area contributed by atoms with E-state index in [0.29, 0.717) is 5.75 Å². The first-order valence-corrected chi connectivity index (χ1v) is 5.04. The van der Waals surface area contributed by atoms with Crippen LogP contribution in [-0.4, -0.2) is 40.4 Å². The average Bonchev–Trinajstić information content (AvgIpc) is 2.26. The van der Waals surface area contributed by atoms with Crippen molar-refractivity contribution in [3.63, 3.8) is 0 Å². The van der Waals surface area contributed by atoms with Crippen LogP contribution in [0.4, 0.5) is 4.79 Å². The Labute approximate surface area is 98.5 Å². The number of aryl methyl sites for hydroxylation is 1. The van der Waals surface area contributed by atoms with Gasteiger partial charge in [-0.25, -0.2) is 4.79 Å². The number of carbonyl (C=O) groups is 1. The highest BCUT2D eigenvalue weighted by Gasteiger charge is 2.18. The second kappa shape index (κ2) is 6.07. The molecule has 0 spiro atoms. The Kier molecular flexibility index (Phi) is 4.74. The molecule has 0 radical (unpaired) electrons. The summed E-state index contributed by atoms with van der Waals surface area (Å²) in [7, 11) is 0. The van der Waals surface area contributed by atoms with Gasteiger partial charge in [0.2, 0.25) is 0 Å². The van der Waals surface area contributed by atoms with Crippen molar-refractivity contribution < 1.29 is 24.9 Å². The van der Waals surface area contributed by atoms with Gasteiger partial charge in [0.15, 0.2) is 6.23 Å². The number of benzene rings is 1. The summed E-state index contributed by atoms with van der Waals surface area (Å²) in [5.41, 5.74) is 0.889. The van der Waals surface area contributed by atoms with Crippen LogP contribution in [0.25, 0.3) is 0 Å². The van der Waals surface area contributed by atoms with Crippen molar-refractivity contribution in [2.24, 2.45) is 0 Å². The standard InChI is InChI=1S/C11H15NO5/c1-7-4-2-3-5-9(7)17-6-8(13)10(14)12-11(15)16/h2-5,8,10,12-14H,6H2,1H3,(H,15,16). The number of amides is 1. The third kappa shape index (κ3) is 4.29. The van der Waals surface area contributed by atoms with Gasteiger partial charge in [-0.1, -0.05) is 18.2 Å². The fourth-order valence-corrected chi connectivity index (χ4v) is 1.21. The van der Waals surface area contributed by atoms with Gasteiger partial charge in [0.25, 0.3) is 0 Å². The van der Waals surface area contributed by atoms with Gasteiger partial charge in [0.05, 0.1) is 0 Å². The van der Waals surface area contributed by atoms with Crippen LogP contribution in [0.5, 0.6) is 5.75 Å². The average molecular weight is 241 g/mol. The number of hydrogen-bond donors (Lipinski definition) is 4. The van der Waals surface area contributed by atoms with Crippen LogP contribution >= 0.6 is 0 Å². The second-order valence-electron chi connectivity index (χ2n) is 3.54. The smallest absolute Gasteiger partial charge is 0.406 e. The molecule has 0 aliphatic heterocycles. The van der Waals surface area contributed by atoms with E-state index in [0.717, 1.165) is 5.56 Å². The number of para-hydroxylation sites is 1. The van der Waals surface area contributed by atoms with Gasteiger partial charge in [0, 0.05) is 0 Å². The summed E-state index contributed by atoms with van der Waals surface area (Å²) in [4.78, 5) is 10.2. The molecule has 4 N–H and O–H groups in total. The second-order valence-corrected chi connectivity index (χ2v) is 3.54. The van der Waals surface area contributed by atoms with E-state index in [1.807, 2.05) is 19.1 Å². The summed E-state index contributed by atoms with van der Waals surface area (Å²) < 4.78 is 5.26. The molecule has 0 aromatic heterocycles. The predicted octanol–water partition coefficient (Wildman–Crippen LogP) is 0.321. The van der Waals surface area contributed by atoms with Crippen molar-refractivity contribution in [3.8, 4) is 5.75 Å². The predicted molar refractivity (Wildman–Crippen MR) is 59.8 cm³/mol. The van der Waals surface area contributed by atoms with Crippen LogP contribution in [0.3, 0.4) is 0 Å². The summed E-state index contributed by atoms with van der Waals surface area (Å²) in [6, 6.07) is 7.19. The lowest BCUT2D eigenvalue weighted by molar-refractivity contribution is -0.0221. The van der Waals surface area contributed by atoms with Crippen LogP contribution in [0.1, 0.15) is 5.56 Å². The van der Waals surface area contributed by atoms with Crippen molar-refractivity contribution in [3.05, 3.63) is 29.8 Å². The maximum Gasteiger partial charge on any atom is 0.406 e. The molecule has 0 fully saturated rings. The number of aliphatic hydroxyl groups is 2. The minimum atomic E-state index is -1.57. The van der Waals surface area contributed by atoms with Crippen molar-refractivity contribution in [1.29, 1.82) is 0 Å². The Bertz CT molecular complexity index is 382. The van der Waals surface area contributed by atoms with E-state index in [-0.39, 0.29) is 6.61 Å². The Morgan fingerprint density at radius 3 is 2.65 bits per heavy atom. The fourth-order valence-electron chi connectivity index (χ4n) is 1.21. The Hall–Kier alpha value is -1.79. The lowest BCUT2D eigenvalue weighted by Crippen LogP contribution is -2.45. The highest BCUT2D eigenvalue weighted by atomic mass is 16.5. The molecule has 1 rings (SSSR count). The minimum absolute atomic E-state index is 0.202. The molecule has 17 heavy (non-hydrogen) atoms. The van der Waals surface area contributed by atoms with E-state index >= 15 is 0 Å². The first kappa shape index (κ1) is 13.3. The topological polar surface area (TPSA) is 99.0 Å². The molecule has 1 aromatic rings. The van der Waals surface area contributed by atoms with Crippen LogP contribution in [0, 0.1) is 6.92 Å². The molecule has 2 unspecified atom stereocenters. The number of nitrogens with one attached hydrogen (secondary N) is 1. The van der Waals surface area contributed by atoms with E-state index in [1.54, 1.807) is 17.4 Å². The largest absolute Gasteiger partial charge is 0.490 e. The molecular weight excluding hydrogens is 226 g/mol. The first-order valence-electron chi connectivity index (χ1n) is 5.04. The molecule has 0 bridgehead atoms. The van der Waals surface area contributed by atoms with E-state index in [1.165, 1.54) is 0 Å². The van der Waals surface area contributed by atoms with Crippen LogP contribution in [0.15, 0.2) is 24.3 Å². The SMILES string of the molecule is Cc1ccccc1OCC(O)C(O)NC(=O)O. The van der Waals surface area contributed by atoms with Crippen molar-refractivity contribution >= 4 is 6.09 Å². The summed E-state index contributed by atoms with van der Waals surface area (Å²) in [5.74, 6) is 0.578. The lowest BCUT2D eigenvalue weighted by Gasteiger charge is -2.18. The van der Waals surface area contributed by atoms with Gasteiger partial charge in [0.1, 0.15) is 18.5 Å². The maximum absolute atomic E-state index is 10.2. The molecule has 0 aliphatic carbocycles. The normalized spacial score (nSPS) is 13.8. The van der Waals surface area contributed by atoms with E-state index < -0.39 is 18.4 Å². The number of aliphatic hydroxyl groups excluding tert-OH is 2. The van der Waals surface area contributed by atoms with Gasteiger partial charge in [-0.2, -0.15) is 0 Å².